The van der Waals surface area contributed by atoms with Gasteiger partial charge < -0.3 is 10.0 Å². The fourth-order valence-electron chi connectivity index (χ4n) is 1.83. The molecule has 0 aliphatic heterocycles. The zero-order valence-electron chi connectivity index (χ0n) is 9.91. The number of hydrogen-bond donors (Lipinski definition) is 2. The molecule has 0 bridgehead atoms. The Morgan fingerprint density at radius 2 is 1.42 bits per heavy atom. The minimum absolute atomic E-state index is 0.267. The van der Waals surface area contributed by atoms with E-state index in [1.54, 1.807) is 36.4 Å². The zero-order chi connectivity index (χ0) is 13.8. The first kappa shape index (κ1) is 12.9. The molecule has 90 valence electrons. The molecule has 19 heavy (non-hydrogen) atoms. The van der Waals surface area contributed by atoms with Gasteiger partial charge in [0.25, 0.3) is 0 Å². The summed E-state index contributed by atoms with van der Waals surface area (Å²) in [5, 5.41) is 36.3. The van der Waals surface area contributed by atoms with E-state index in [2.05, 4.69) is 0 Å². The highest BCUT2D eigenvalue weighted by Crippen LogP contribution is 2.19. The maximum Gasteiger partial charge on any atom is 0.489 e. The molecular weight excluding hydrogens is 239 g/mol. The molecule has 0 radical (unpaired) electrons. The van der Waals surface area contributed by atoms with Crippen molar-refractivity contribution in [3.8, 4) is 23.3 Å². The second-order valence-corrected chi connectivity index (χ2v) is 3.98. The average Bonchev–Trinajstić information content (AvgIpc) is 2.46. The van der Waals surface area contributed by atoms with Crippen LogP contribution in [-0.4, -0.2) is 17.2 Å². The van der Waals surface area contributed by atoms with Gasteiger partial charge in [-0.05, 0) is 40.9 Å². The number of hydrogen-bond acceptors (Lipinski definition) is 4. The van der Waals surface area contributed by atoms with Crippen molar-refractivity contribution in [1.82, 2.24) is 0 Å². The summed E-state index contributed by atoms with van der Waals surface area (Å²) in [5.74, 6) is 0. The van der Waals surface area contributed by atoms with Crippen molar-refractivity contribution in [2.24, 2.45) is 0 Å². The van der Waals surface area contributed by atoms with Gasteiger partial charge in [-0.3, -0.25) is 0 Å². The van der Waals surface area contributed by atoms with Crippen molar-refractivity contribution in [2.75, 3.05) is 0 Å². The lowest BCUT2D eigenvalue weighted by Crippen LogP contribution is -2.31. The van der Waals surface area contributed by atoms with Crippen LogP contribution in [0.1, 0.15) is 11.1 Å². The summed E-state index contributed by atoms with van der Waals surface area (Å²) in [4.78, 5) is 0. The first-order chi connectivity index (χ1) is 9.15. The summed E-state index contributed by atoms with van der Waals surface area (Å²) in [6.07, 6.45) is 0. The average molecular weight is 248 g/mol. The van der Waals surface area contributed by atoms with E-state index in [-0.39, 0.29) is 5.46 Å². The number of nitriles is 2. The molecule has 4 nitrogen and oxygen atoms in total. The van der Waals surface area contributed by atoms with Gasteiger partial charge in [0.2, 0.25) is 0 Å². The highest BCUT2D eigenvalue weighted by Gasteiger charge is 2.17. The van der Waals surface area contributed by atoms with Gasteiger partial charge in [0.1, 0.15) is 0 Å². The van der Waals surface area contributed by atoms with Crippen LogP contribution in [0, 0.1) is 22.7 Å². The molecule has 0 aliphatic carbocycles. The van der Waals surface area contributed by atoms with E-state index in [0.29, 0.717) is 16.7 Å². The molecule has 2 rings (SSSR count). The molecule has 0 atom stereocenters. The molecule has 5 heteroatoms. The van der Waals surface area contributed by atoms with Crippen LogP contribution in [0.4, 0.5) is 0 Å². The summed E-state index contributed by atoms with van der Waals surface area (Å²) >= 11 is 0. The second kappa shape index (κ2) is 5.37. The summed E-state index contributed by atoms with van der Waals surface area (Å²) in [6.45, 7) is 0. The normalized spacial score (nSPS) is 9.47. The quantitative estimate of drug-likeness (QED) is 0.768. The van der Waals surface area contributed by atoms with Gasteiger partial charge in [-0.2, -0.15) is 10.5 Å². The van der Waals surface area contributed by atoms with Gasteiger partial charge in [0.15, 0.2) is 0 Å². The number of nitrogens with zero attached hydrogens (tertiary/aromatic N) is 2. The summed E-state index contributed by atoms with van der Waals surface area (Å²) in [5.41, 5.74) is 2.54. The standard InChI is InChI=1S/C14H9BN2O2/c16-8-10-1-4-12(5-2-10)13-6-3-11(9-17)7-14(13)15(18)19/h1-7,18-19H. The fraction of sp³-hybridized carbons (Fsp3) is 0. The van der Waals surface area contributed by atoms with E-state index in [1.165, 1.54) is 6.07 Å². The topological polar surface area (TPSA) is 88.0 Å². The second-order valence-electron chi connectivity index (χ2n) is 3.98. The van der Waals surface area contributed by atoms with E-state index in [9.17, 15) is 10.0 Å². The molecule has 0 unspecified atom stereocenters. The van der Waals surface area contributed by atoms with Crippen molar-refractivity contribution in [1.29, 1.82) is 10.5 Å². The minimum Gasteiger partial charge on any atom is -0.423 e. The minimum atomic E-state index is -1.65. The lowest BCUT2D eigenvalue weighted by atomic mass is 9.74. The van der Waals surface area contributed by atoms with Crippen LogP contribution >= 0.6 is 0 Å². The Labute approximate surface area is 110 Å². The first-order valence-corrected chi connectivity index (χ1v) is 5.56. The molecule has 0 aliphatic rings. The molecule has 2 aromatic rings. The molecule has 0 aromatic heterocycles. The van der Waals surface area contributed by atoms with E-state index in [0.717, 1.165) is 5.56 Å². The Hall–Kier alpha value is -2.60. The summed E-state index contributed by atoms with van der Waals surface area (Å²) < 4.78 is 0. The lowest BCUT2D eigenvalue weighted by molar-refractivity contribution is 0.426. The molecule has 2 aromatic carbocycles. The van der Waals surface area contributed by atoms with Gasteiger partial charge in [-0.1, -0.05) is 18.2 Å². The smallest absolute Gasteiger partial charge is 0.423 e. The lowest BCUT2D eigenvalue weighted by Gasteiger charge is -2.09. The van der Waals surface area contributed by atoms with Crippen molar-refractivity contribution < 1.29 is 10.0 Å². The van der Waals surface area contributed by atoms with E-state index in [1.807, 2.05) is 12.1 Å². The zero-order valence-corrected chi connectivity index (χ0v) is 9.91. The number of rotatable bonds is 2. The summed E-state index contributed by atoms with van der Waals surface area (Å²) in [7, 11) is -1.65. The van der Waals surface area contributed by atoms with Crippen LogP contribution in [0.3, 0.4) is 0 Å². The van der Waals surface area contributed by atoms with Crippen molar-refractivity contribution in [3.63, 3.8) is 0 Å². The van der Waals surface area contributed by atoms with E-state index >= 15 is 0 Å². The largest absolute Gasteiger partial charge is 0.489 e. The van der Waals surface area contributed by atoms with E-state index in [4.69, 9.17) is 10.5 Å². The molecule has 0 heterocycles. The molecule has 0 saturated carbocycles. The van der Waals surface area contributed by atoms with Crippen LogP contribution in [-0.2, 0) is 0 Å². The van der Waals surface area contributed by atoms with Gasteiger partial charge in [-0.25, -0.2) is 0 Å². The SMILES string of the molecule is N#Cc1ccc(-c2ccc(C#N)cc2B(O)O)cc1. The van der Waals surface area contributed by atoms with Gasteiger partial charge >= 0.3 is 7.12 Å². The van der Waals surface area contributed by atoms with Gasteiger partial charge in [0, 0.05) is 0 Å². The van der Waals surface area contributed by atoms with Crippen LogP contribution in [0.2, 0.25) is 0 Å². The third-order valence-corrected chi connectivity index (χ3v) is 2.78. The Balaban J connectivity index is 2.55. The third kappa shape index (κ3) is 2.64. The summed E-state index contributed by atoms with van der Waals surface area (Å²) in [6, 6.07) is 15.5. The maximum absolute atomic E-state index is 9.38. The highest BCUT2D eigenvalue weighted by molar-refractivity contribution is 6.60. The van der Waals surface area contributed by atoms with E-state index < -0.39 is 7.12 Å². The maximum atomic E-state index is 9.38. The van der Waals surface area contributed by atoms with Crippen molar-refractivity contribution in [2.45, 2.75) is 0 Å². The molecule has 0 spiro atoms. The monoisotopic (exact) mass is 248 g/mol. The molecular formula is C14H9BN2O2. The molecule has 0 amide bonds. The number of benzene rings is 2. The van der Waals surface area contributed by atoms with Crippen LogP contribution in [0.5, 0.6) is 0 Å². The fourth-order valence-corrected chi connectivity index (χ4v) is 1.83. The molecule has 2 N–H and O–H groups in total. The van der Waals surface area contributed by atoms with Crippen molar-refractivity contribution in [3.05, 3.63) is 53.6 Å². The van der Waals surface area contributed by atoms with Gasteiger partial charge in [0.05, 0.1) is 23.3 Å². The van der Waals surface area contributed by atoms with Crippen LogP contribution in [0.15, 0.2) is 42.5 Å². The Kier molecular flexibility index (Phi) is 3.63. The predicted octanol–water partition coefficient (Wildman–Crippen LogP) is 0.777. The van der Waals surface area contributed by atoms with Crippen LogP contribution in [0.25, 0.3) is 11.1 Å². The molecule has 0 saturated heterocycles. The molecule has 0 fully saturated rings. The third-order valence-electron chi connectivity index (χ3n) is 2.78. The Morgan fingerprint density at radius 1 is 0.842 bits per heavy atom. The Bertz CT molecular complexity index is 682. The Morgan fingerprint density at radius 3 is 1.95 bits per heavy atom. The predicted molar refractivity (Wildman–Crippen MR) is 71.1 cm³/mol. The highest BCUT2D eigenvalue weighted by atomic mass is 16.4. The van der Waals surface area contributed by atoms with Crippen molar-refractivity contribution >= 4 is 12.6 Å². The van der Waals surface area contributed by atoms with Gasteiger partial charge in [-0.15, -0.1) is 0 Å². The van der Waals surface area contributed by atoms with Crippen LogP contribution < -0.4 is 5.46 Å². The first-order valence-electron chi connectivity index (χ1n) is 5.56.